The van der Waals surface area contributed by atoms with Crippen molar-refractivity contribution in [3.63, 3.8) is 0 Å². The Kier molecular flexibility index (Phi) is 5.99. The van der Waals surface area contributed by atoms with E-state index in [-0.39, 0.29) is 11.5 Å². The van der Waals surface area contributed by atoms with Gasteiger partial charge in [0, 0.05) is 42.4 Å². The summed E-state index contributed by atoms with van der Waals surface area (Å²) >= 11 is 6.49. The van der Waals surface area contributed by atoms with Gasteiger partial charge < -0.3 is 14.8 Å². The fraction of sp³-hybridized carbons (Fsp3) is 0.308. The van der Waals surface area contributed by atoms with Crippen LogP contribution in [0.25, 0.3) is 10.8 Å². The molecule has 0 radical (unpaired) electrons. The maximum Gasteiger partial charge on any atom is 0.298 e. The fourth-order valence-corrected chi connectivity index (χ4v) is 4.80. The molecular formula is C26H26ClN3O2. The molecule has 0 aliphatic carbocycles. The Hall–Kier alpha value is -3.23. The molecule has 2 heterocycles. The number of hydrogen-bond donors (Lipinski definition) is 1. The number of nitrogens with zero attached hydrogens (tertiary/aromatic N) is 2. The van der Waals surface area contributed by atoms with Gasteiger partial charge in [-0.2, -0.15) is 0 Å². The lowest BCUT2D eigenvalue weighted by atomic mass is 9.79. The molecule has 1 saturated heterocycles. The van der Waals surface area contributed by atoms with Crippen LogP contribution in [0.3, 0.4) is 0 Å². The molecule has 3 aromatic rings. The number of carbonyl (C=O) groups is 1. The molecule has 1 aromatic heterocycles. The van der Waals surface area contributed by atoms with Crippen LogP contribution in [0.2, 0.25) is 5.02 Å². The number of hydrogen-bond acceptors (Lipinski definition) is 3. The number of anilines is 1. The molecular weight excluding hydrogens is 422 g/mol. The zero-order chi connectivity index (χ0) is 22.9. The Balaban J connectivity index is 1.83. The van der Waals surface area contributed by atoms with Gasteiger partial charge >= 0.3 is 0 Å². The predicted molar refractivity (Wildman–Crippen MR) is 130 cm³/mol. The van der Waals surface area contributed by atoms with Gasteiger partial charge in [0.05, 0.1) is 5.54 Å². The van der Waals surface area contributed by atoms with E-state index in [9.17, 15) is 9.59 Å². The lowest BCUT2D eigenvalue weighted by Gasteiger charge is -2.44. The number of halogens is 1. The van der Waals surface area contributed by atoms with Crippen LogP contribution in [0.1, 0.15) is 30.9 Å². The molecule has 164 valence electrons. The quantitative estimate of drug-likeness (QED) is 0.603. The Morgan fingerprint density at radius 1 is 1.22 bits per heavy atom. The van der Waals surface area contributed by atoms with E-state index in [4.69, 9.17) is 11.6 Å². The highest BCUT2D eigenvalue weighted by Crippen LogP contribution is 2.39. The van der Waals surface area contributed by atoms with Crippen LogP contribution >= 0.6 is 11.6 Å². The molecule has 1 atom stereocenters. The maximum atomic E-state index is 12.7. The second kappa shape index (κ2) is 8.72. The van der Waals surface area contributed by atoms with Crippen molar-refractivity contribution in [2.24, 2.45) is 7.05 Å². The van der Waals surface area contributed by atoms with E-state index in [1.165, 1.54) is 0 Å². The largest absolute Gasteiger partial charge is 0.374 e. The van der Waals surface area contributed by atoms with Crippen molar-refractivity contribution in [2.75, 3.05) is 18.4 Å². The second-order valence-electron chi connectivity index (χ2n) is 8.36. The monoisotopic (exact) mass is 447 g/mol. The minimum Gasteiger partial charge on any atom is -0.374 e. The van der Waals surface area contributed by atoms with E-state index in [0.29, 0.717) is 23.5 Å². The molecule has 1 amide bonds. The first kappa shape index (κ1) is 22.0. The number of rotatable bonds is 3. The predicted octanol–water partition coefficient (Wildman–Crippen LogP) is 4.45. The van der Waals surface area contributed by atoms with Gasteiger partial charge in [0.15, 0.2) is 0 Å². The van der Waals surface area contributed by atoms with Gasteiger partial charge in [-0.15, -0.1) is 0 Å². The van der Waals surface area contributed by atoms with Gasteiger partial charge in [0.25, 0.3) is 11.5 Å². The van der Waals surface area contributed by atoms with Crippen LogP contribution in [-0.4, -0.2) is 28.5 Å². The number of piperidine rings is 1. The number of nitrogens with one attached hydrogen (secondary N) is 1. The van der Waals surface area contributed by atoms with Gasteiger partial charge in [-0.25, -0.2) is 0 Å². The SMILES string of the molecule is CC#CC(=O)N1CCCC(Nc2ccc3ccn(C)c(=O)c3c2)(c2cccc(Cl)c2C)C1. The Morgan fingerprint density at radius 3 is 2.81 bits per heavy atom. The summed E-state index contributed by atoms with van der Waals surface area (Å²) in [6, 6.07) is 13.6. The number of likely N-dealkylation sites (tertiary alicyclic amines) is 1. The number of pyridine rings is 1. The number of aryl methyl sites for hydroxylation is 1. The van der Waals surface area contributed by atoms with Gasteiger partial charge in [0.1, 0.15) is 0 Å². The maximum absolute atomic E-state index is 12.7. The third-order valence-corrected chi connectivity index (χ3v) is 6.67. The van der Waals surface area contributed by atoms with E-state index >= 15 is 0 Å². The summed E-state index contributed by atoms with van der Waals surface area (Å²) in [6.45, 7) is 4.80. The smallest absolute Gasteiger partial charge is 0.298 e. The van der Waals surface area contributed by atoms with Crippen LogP contribution in [0.5, 0.6) is 0 Å². The highest BCUT2D eigenvalue weighted by molar-refractivity contribution is 6.31. The summed E-state index contributed by atoms with van der Waals surface area (Å²) < 4.78 is 1.58. The molecule has 1 aliphatic heterocycles. The first-order chi connectivity index (χ1) is 15.3. The average molecular weight is 448 g/mol. The lowest BCUT2D eigenvalue weighted by Crippen LogP contribution is -2.52. The molecule has 1 fully saturated rings. The van der Waals surface area contributed by atoms with Crippen LogP contribution in [0.4, 0.5) is 5.69 Å². The van der Waals surface area contributed by atoms with E-state index < -0.39 is 5.54 Å². The molecule has 0 saturated carbocycles. The molecule has 0 spiro atoms. The number of carbonyl (C=O) groups excluding carboxylic acids is 1. The van der Waals surface area contributed by atoms with Gasteiger partial charge in [-0.3, -0.25) is 9.59 Å². The van der Waals surface area contributed by atoms with E-state index in [1.54, 1.807) is 29.6 Å². The van der Waals surface area contributed by atoms with E-state index in [0.717, 1.165) is 35.0 Å². The lowest BCUT2D eigenvalue weighted by molar-refractivity contribution is -0.127. The minimum atomic E-state index is -0.550. The summed E-state index contributed by atoms with van der Waals surface area (Å²) in [5.41, 5.74) is 2.27. The summed E-state index contributed by atoms with van der Waals surface area (Å²) in [5, 5.41) is 5.93. The van der Waals surface area contributed by atoms with Crippen molar-refractivity contribution in [1.29, 1.82) is 0 Å². The summed E-state index contributed by atoms with van der Waals surface area (Å²) in [5.74, 6) is 5.21. The second-order valence-corrected chi connectivity index (χ2v) is 8.77. The van der Waals surface area contributed by atoms with Gasteiger partial charge in [-0.05, 0) is 73.4 Å². The van der Waals surface area contributed by atoms with E-state index in [1.807, 2.05) is 43.3 Å². The van der Waals surface area contributed by atoms with Crippen molar-refractivity contribution in [2.45, 2.75) is 32.2 Å². The van der Waals surface area contributed by atoms with Crippen molar-refractivity contribution < 1.29 is 4.79 Å². The van der Waals surface area contributed by atoms with Crippen LogP contribution in [0, 0.1) is 18.8 Å². The third-order valence-electron chi connectivity index (χ3n) is 6.26. The Labute approximate surface area is 193 Å². The number of benzene rings is 2. The van der Waals surface area contributed by atoms with Gasteiger partial charge in [-0.1, -0.05) is 35.7 Å². The Bertz CT molecular complexity index is 1320. The third kappa shape index (κ3) is 3.99. The summed E-state index contributed by atoms with van der Waals surface area (Å²) in [7, 11) is 1.75. The molecule has 32 heavy (non-hydrogen) atoms. The molecule has 6 heteroatoms. The molecule has 5 nitrogen and oxygen atoms in total. The summed E-state index contributed by atoms with van der Waals surface area (Å²) in [4.78, 5) is 27.1. The highest BCUT2D eigenvalue weighted by atomic mass is 35.5. The van der Waals surface area contributed by atoms with Crippen molar-refractivity contribution in [1.82, 2.24) is 9.47 Å². The van der Waals surface area contributed by atoms with Crippen LogP contribution in [0.15, 0.2) is 53.5 Å². The van der Waals surface area contributed by atoms with Gasteiger partial charge in [0.2, 0.25) is 0 Å². The van der Waals surface area contributed by atoms with Crippen molar-refractivity contribution >= 4 is 34.0 Å². The zero-order valence-electron chi connectivity index (χ0n) is 18.5. The standard InChI is InChI=1S/C26H26ClN3O2/c1-4-7-24(31)30-14-6-13-26(17-30,22-8-5-9-23(27)18(22)2)28-20-11-10-19-12-15-29(3)25(32)21(19)16-20/h5,8-12,15-16,28H,6,13-14,17H2,1-3H3. The molecule has 1 N–H and O–H groups in total. The minimum absolute atomic E-state index is 0.0437. The summed E-state index contributed by atoms with van der Waals surface area (Å²) in [6.07, 6.45) is 3.42. The Morgan fingerprint density at radius 2 is 2.03 bits per heavy atom. The molecule has 0 bridgehead atoms. The van der Waals surface area contributed by atoms with Crippen molar-refractivity contribution in [3.05, 3.63) is 75.2 Å². The highest BCUT2D eigenvalue weighted by Gasteiger charge is 2.39. The topological polar surface area (TPSA) is 54.3 Å². The zero-order valence-corrected chi connectivity index (χ0v) is 19.3. The fourth-order valence-electron chi connectivity index (χ4n) is 4.62. The average Bonchev–Trinajstić information content (AvgIpc) is 2.79. The number of fused-ring (bicyclic) bond motifs is 1. The van der Waals surface area contributed by atoms with Crippen LogP contribution in [-0.2, 0) is 17.4 Å². The number of amides is 1. The molecule has 2 aromatic carbocycles. The first-order valence-corrected chi connectivity index (χ1v) is 11.1. The first-order valence-electron chi connectivity index (χ1n) is 10.7. The van der Waals surface area contributed by atoms with Crippen molar-refractivity contribution in [3.8, 4) is 11.8 Å². The molecule has 4 rings (SSSR count). The van der Waals surface area contributed by atoms with Crippen LogP contribution < -0.4 is 10.9 Å². The van der Waals surface area contributed by atoms with E-state index in [2.05, 4.69) is 23.2 Å². The molecule has 1 unspecified atom stereocenters. The molecule has 1 aliphatic rings. The normalized spacial score (nSPS) is 18.2. The number of aromatic nitrogens is 1.